The Bertz CT molecular complexity index is 1360. The number of hydrogen-bond donors (Lipinski definition) is 1. The van der Waals surface area contributed by atoms with Crippen molar-refractivity contribution in [3.05, 3.63) is 76.3 Å². The van der Waals surface area contributed by atoms with Gasteiger partial charge >= 0.3 is 6.18 Å². The van der Waals surface area contributed by atoms with Crippen molar-refractivity contribution in [3.63, 3.8) is 0 Å². The van der Waals surface area contributed by atoms with E-state index in [4.69, 9.17) is 25.8 Å². The Morgan fingerprint density at radius 3 is 2.41 bits per heavy atom. The molecule has 6 nitrogen and oxygen atoms in total. The van der Waals surface area contributed by atoms with Gasteiger partial charge in [-0.3, -0.25) is 4.79 Å². The quantitative estimate of drug-likeness (QED) is 0.308. The van der Waals surface area contributed by atoms with E-state index in [9.17, 15) is 18.0 Å². The predicted molar refractivity (Wildman–Crippen MR) is 143 cm³/mol. The van der Waals surface area contributed by atoms with Gasteiger partial charge < -0.3 is 24.4 Å². The summed E-state index contributed by atoms with van der Waals surface area (Å²) in [7, 11) is 2.74. The Morgan fingerprint density at radius 1 is 1.05 bits per heavy atom. The van der Waals surface area contributed by atoms with Crippen LogP contribution in [-0.4, -0.2) is 33.3 Å². The maximum absolute atomic E-state index is 14.0. The van der Waals surface area contributed by atoms with Crippen LogP contribution in [0.25, 0.3) is 0 Å². The van der Waals surface area contributed by atoms with E-state index in [1.807, 2.05) is 0 Å². The van der Waals surface area contributed by atoms with Gasteiger partial charge in [0.1, 0.15) is 23.3 Å². The number of fused-ring (bicyclic) bond motifs is 1. The van der Waals surface area contributed by atoms with Crippen molar-refractivity contribution in [1.29, 1.82) is 0 Å². The fourth-order valence-corrected chi connectivity index (χ4v) is 4.78. The van der Waals surface area contributed by atoms with Crippen molar-refractivity contribution < 1.29 is 32.2 Å². The molecule has 0 bridgehead atoms. The number of carbonyl (C=O) groups is 1. The molecule has 206 valence electrons. The molecule has 0 aromatic heterocycles. The third kappa shape index (κ3) is 6.03. The van der Waals surface area contributed by atoms with Crippen LogP contribution in [-0.2, 0) is 17.4 Å². The molecule has 1 heterocycles. The highest BCUT2D eigenvalue weighted by Gasteiger charge is 2.39. The van der Waals surface area contributed by atoms with Crippen LogP contribution in [0.3, 0.4) is 0 Å². The van der Waals surface area contributed by atoms with Crippen LogP contribution in [0.15, 0.2) is 54.6 Å². The number of benzene rings is 3. The van der Waals surface area contributed by atoms with Crippen molar-refractivity contribution in [1.82, 2.24) is 0 Å². The molecule has 0 radical (unpaired) electrons. The van der Waals surface area contributed by atoms with Crippen LogP contribution < -0.4 is 24.4 Å². The summed E-state index contributed by atoms with van der Waals surface area (Å²) in [5.74, 6) is 1.02. The molecule has 5 rings (SSSR count). The minimum atomic E-state index is -4.64. The van der Waals surface area contributed by atoms with Crippen molar-refractivity contribution >= 4 is 28.9 Å². The first kappa shape index (κ1) is 27.0. The molecule has 1 N–H and O–H groups in total. The molecule has 1 atom stereocenters. The number of nitrogens with zero attached hydrogens (tertiary/aromatic N) is 1. The largest absolute Gasteiger partial charge is 0.497 e. The molecule has 39 heavy (non-hydrogen) atoms. The van der Waals surface area contributed by atoms with Crippen LogP contribution in [0.1, 0.15) is 35.6 Å². The van der Waals surface area contributed by atoms with Gasteiger partial charge in [0.2, 0.25) is 0 Å². The summed E-state index contributed by atoms with van der Waals surface area (Å²) in [5.41, 5.74) is 1.07. The summed E-state index contributed by atoms with van der Waals surface area (Å²) in [4.78, 5) is 15.4. The summed E-state index contributed by atoms with van der Waals surface area (Å²) in [6.45, 7) is 0.833. The highest BCUT2D eigenvalue weighted by molar-refractivity contribution is 6.30. The number of hydrogen-bond acceptors (Lipinski definition) is 5. The lowest BCUT2D eigenvalue weighted by atomic mass is 10.0. The molecule has 10 heteroatoms. The third-order valence-corrected chi connectivity index (χ3v) is 7.18. The van der Waals surface area contributed by atoms with Crippen molar-refractivity contribution in [2.45, 2.75) is 31.5 Å². The number of anilines is 2. The molecule has 0 saturated heterocycles. The predicted octanol–water partition coefficient (Wildman–Crippen LogP) is 6.91. The zero-order valence-electron chi connectivity index (χ0n) is 21.5. The third-order valence-electron chi connectivity index (χ3n) is 6.93. The van der Waals surface area contributed by atoms with Gasteiger partial charge in [0.15, 0.2) is 0 Å². The second-order valence-electron chi connectivity index (χ2n) is 9.70. The monoisotopic (exact) mass is 560 g/mol. The van der Waals surface area contributed by atoms with E-state index >= 15 is 0 Å². The topological polar surface area (TPSA) is 60.0 Å². The molecule has 1 aliphatic carbocycles. The normalized spacial score (nSPS) is 15.5. The number of halogens is 4. The molecule has 1 fully saturated rings. The second kappa shape index (κ2) is 10.9. The minimum absolute atomic E-state index is 0.216. The van der Waals surface area contributed by atoms with Crippen molar-refractivity contribution in [3.8, 4) is 17.2 Å². The van der Waals surface area contributed by atoms with E-state index in [2.05, 4.69) is 5.32 Å². The van der Waals surface area contributed by atoms with Crippen LogP contribution >= 0.6 is 11.6 Å². The Balaban J connectivity index is 1.50. The lowest BCUT2D eigenvalue weighted by molar-refractivity contribution is -0.138. The highest BCUT2D eigenvalue weighted by atomic mass is 35.5. The van der Waals surface area contributed by atoms with E-state index in [1.54, 1.807) is 49.6 Å². The smallest absolute Gasteiger partial charge is 0.420 e. The SMILES string of the molecule is COc1cc(NC(C(=O)N2CCc3cc(OC)c(C(F)(F)F)cc32)c2ccc(Cl)cc2)cc(OCC2CC2)c1. The fourth-order valence-electron chi connectivity index (χ4n) is 4.65. The molecular formula is C29H28ClF3N2O4. The van der Waals surface area contributed by atoms with E-state index < -0.39 is 23.7 Å². The molecule has 1 saturated carbocycles. The van der Waals surface area contributed by atoms with Gasteiger partial charge in [-0.1, -0.05) is 23.7 Å². The molecular weight excluding hydrogens is 533 g/mol. The average Bonchev–Trinajstić information content (AvgIpc) is 3.66. The van der Waals surface area contributed by atoms with Crippen LogP contribution in [0.2, 0.25) is 5.02 Å². The lowest BCUT2D eigenvalue weighted by Gasteiger charge is -2.27. The average molecular weight is 561 g/mol. The number of nitrogens with one attached hydrogen (secondary N) is 1. The Kier molecular flexibility index (Phi) is 7.53. The fraction of sp³-hybridized carbons (Fsp3) is 0.345. The maximum Gasteiger partial charge on any atom is 0.420 e. The first-order chi connectivity index (χ1) is 18.7. The number of ether oxygens (including phenoxy) is 3. The summed E-state index contributed by atoms with van der Waals surface area (Å²) in [6.07, 6.45) is -1.95. The zero-order valence-corrected chi connectivity index (χ0v) is 22.2. The first-order valence-corrected chi connectivity index (χ1v) is 13.0. The molecule has 2 aliphatic rings. The molecule has 1 unspecified atom stereocenters. The molecule has 3 aromatic carbocycles. The first-order valence-electron chi connectivity index (χ1n) is 12.6. The molecule has 1 aliphatic heterocycles. The summed E-state index contributed by atoms with van der Waals surface area (Å²) in [6, 6.07) is 13.5. The van der Waals surface area contributed by atoms with Crippen LogP contribution in [0.5, 0.6) is 17.2 Å². The lowest BCUT2D eigenvalue weighted by Crippen LogP contribution is -2.37. The number of rotatable bonds is 9. The van der Waals surface area contributed by atoms with Crippen molar-refractivity contribution in [2.75, 3.05) is 37.6 Å². The summed E-state index contributed by atoms with van der Waals surface area (Å²) in [5, 5.41) is 3.76. The molecule has 3 aromatic rings. The summed E-state index contributed by atoms with van der Waals surface area (Å²) >= 11 is 6.10. The zero-order chi connectivity index (χ0) is 27.7. The van der Waals surface area contributed by atoms with E-state index in [0.717, 1.165) is 18.9 Å². The van der Waals surface area contributed by atoms with E-state index in [0.29, 0.717) is 52.3 Å². The van der Waals surface area contributed by atoms with E-state index in [-0.39, 0.29) is 18.0 Å². The maximum atomic E-state index is 14.0. The van der Waals surface area contributed by atoms with Gasteiger partial charge in [-0.05, 0) is 60.6 Å². The van der Waals surface area contributed by atoms with Gasteiger partial charge in [-0.2, -0.15) is 13.2 Å². The summed E-state index contributed by atoms with van der Waals surface area (Å²) < 4.78 is 57.7. The Morgan fingerprint density at radius 2 is 1.77 bits per heavy atom. The van der Waals surface area contributed by atoms with Gasteiger partial charge in [0, 0.05) is 41.1 Å². The van der Waals surface area contributed by atoms with Crippen LogP contribution in [0.4, 0.5) is 24.5 Å². The number of amides is 1. The van der Waals surface area contributed by atoms with Crippen LogP contribution in [0, 0.1) is 5.92 Å². The molecule has 1 amide bonds. The molecule has 0 spiro atoms. The van der Waals surface area contributed by atoms with E-state index in [1.165, 1.54) is 18.1 Å². The number of alkyl halides is 3. The van der Waals surface area contributed by atoms with Gasteiger partial charge in [0.25, 0.3) is 5.91 Å². The highest BCUT2D eigenvalue weighted by Crippen LogP contribution is 2.43. The van der Waals surface area contributed by atoms with Gasteiger partial charge in [0.05, 0.1) is 26.4 Å². The number of carbonyl (C=O) groups excluding carboxylic acids is 1. The van der Waals surface area contributed by atoms with Gasteiger partial charge in [-0.25, -0.2) is 0 Å². The number of methoxy groups -OCH3 is 2. The minimum Gasteiger partial charge on any atom is -0.497 e. The van der Waals surface area contributed by atoms with Gasteiger partial charge in [-0.15, -0.1) is 0 Å². The second-order valence-corrected chi connectivity index (χ2v) is 10.1. The standard InChI is InChI=1S/C29H28ClF3N2O4/c1-37-22-12-21(13-23(14-22)39-16-17-3-4-17)34-27(18-5-7-20(30)8-6-18)28(36)35-10-9-19-11-26(38-2)24(15-25(19)35)29(31,32)33/h5-8,11-15,17,27,34H,3-4,9-10,16H2,1-2H3. The Hall–Kier alpha value is -3.59. The Labute approximate surface area is 229 Å². The van der Waals surface area contributed by atoms with Crippen molar-refractivity contribution in [2.24, 2.45) is 5.92 Å².